The van der Waals surface area contributed by atoms with Crippen LogP contribution < -0.4 is 4.90 Å². The van der Waals surface area contributed by atoms with Gasteiger partial charge in [-0.3, -0.25) is 0 Å². The van der Waals surface area contributed by atoms with Crippen molar-refractivity contribution in [2.75, 3.05) is 23.9 Å². The van der Waals surface area contributed by atoms with Crippen LogP contribution in [-0.2, 0) is 0 Å². The average molecular weight is 225 g/mol. The maximum absolute atomic E-state index is 5.79. The smallest absolute Gasteiger partial charge is 0.128 e. The summed E-state index contributed by atoms with van der Waals surface area (Å²) in [6.45, 7) is 2.25. The first-order valence-electron chi connectivity index (χ1n) is 5.62. The highest BCUT2D eigenvalue weighted by atomic mass is 35.5. The van der Waals surface area contributed by atoms with Crippen LogP contribution in [-0.4, -0.2) is 24.0 Å². The zero-order valence-electron chi connectivity index (χ0n) is 8.90. The van der Waals surface area contributed by atoms with Crippen LogP contribution in [0.5, 0.6) is 0 Å². The number of hydrogen-bond acceptors (Lipinski definition) is 2. The van der Waals surface area contributed by atoms with Crippen molar-refractivity contribution in [1.82, 2.24) is 4.98 Å². The zero-order chi connectivity index (χ0) is 10.5. The fourth-order valence-electron chi connectivity index (χ4n) is 2.20. The summed E-state index contributed by atoms with van der Waals surface area (Å²) in [4.78, 5) is 6.77. The van der Waals surface area contributed by atoms with Gasteiger partial charge in [0.25, 0.3) is 0 Å². The van der Waals surface area contributed by atoms with Crippen molar-refractivity contribution >= 4 is 17.4 Å². The first-order valence-corrected chi connectivity index (χ1v) is 6.15. The normalized spacial score (nSPS) is 21.7. The molecule has 0 amide bonds. The Bertz CT molecular complexity index is 287. The molecule has 1 aromatic rings. The van der Waals surface area contributed by atoms with Gasteiger partial charge in [-0.1, -0.05) is 6.07 Å². The van der Waals surface area contributed by atoms with E-state index in [1.807, 2.05) is 18.3 Å². The third-order valence-corrected chi connectivity index (χ3v) is 3.23. The summed E-state index contributed by atoms with van der Waals surface area (Å²) in [5, 5.41) is 0. The predicted octanol–water partition coefficient (Wildman–Crippen LogP) is 2.93. The van der Waals surface area contributed by atoms with Crippen molar-refractivity contribution in [3.63, 3.8) is 0 Å². The van der Waals surface area contributed by atoms with Gasteiger partial charge in [-0.05, 0) is 37.3 Å². The van der Waals surface area contributed by atoms with Crippen LogP contribution in [0.4, 0.5) is 5.82 Å². The Hall–Kier alpha value is -0.760. The van der Waals surface area contributed by atoms with Gasteiger partial charge < -0.3 is 4.90 Å². The standard InChI is InChI=1S/C12H17ClN2/c13-7-6-11-4-3-9-15(10-11)12-5-1-2-8-14-12/h1-2,5,8,11H,3-4,6-7,9-10H2. The van der Waals surface area contributed by atoms with E-state index < -0.39 is 0 Å². The molecule has 0 saturated carbocycles. The maximum atomic E-state index is 5.79. The summed E-state index contributed by atoms with van der Waals surface area (Å²) in [6.07, 6.45) is 5.57. The van der Waals surface area contributed by atoms with Crippen LogP contribution in [0.1, 0.15) is 19.3 Å². The van der Waals surface area contributed by atoms with E-state index in [9.17, 15) is 0 Å². The summed E-state index contributed by atoms with van der Waals surface area (Å²) in [5.74, 6) is 2.64. The Labute approximate surface area is 96.3 Å². The van der Waals surface area contributed by atoms with E-state index in [1.54, 1.807) is 0 Å². The van der Waals surface area contributed by atoms with Gasteiger partial charge in [0.15, 0.2) is 0 Å². The molecule has 0 radical (unpaired) electrons. The first-order chi connectivity index (χ1) is 7.40. The van der Waals surface area contributed by atoms with Gasteiger partial charge in [0.05, 0.1) is 0 Å². The van der Waals surface area contributed by atoms with Crippen LogP contribution in [0.25, 0.3) is 0 Å². The number of nitrogens with zero attached hydrogens (tertiary/aromatic N) is 2. The molecule has 0 spiro atoms. The average Bonchev–Trinajstić information content (AvgIpc) is 2.31. The van der Waals surface area contributed by atoms with Gasteiger partial charge in [-0.15, -0.1) is 11.6 Å². The highest BCUT2D eigenvalue weighted by molar-refractivity contribution is 6.17. The lowest BCUT2D eigenvalue weighted by atomic mass is 9.95. The van der Waals surface area contributed by atoms with Crippen molar-refractivity contribution in [2.24, 2.45) is 5.92 Å². The first kappa shape index (κ1) is 10.7. The molecule has 2 rings (SSSR count). The number of alkyl halides is 1. The van der Waals surface area contributed by atoms with Crippen molar-refractivity contribution in [3.05, 3.63) is 24.4 Å². The number of halogens is 1. The molecule has 3 heteroatoms. The lowest BCUT2D eigenvalue weighted by Crippen LogP contribution is -2.36. The Kier molecular flexibility index (Phi) is 3.84. The fraction of sp³-hybridized carbons (Fsp3) is 0.583. The molecule has 1 atom stereocenters. The second-order valence-corrected chi connectivity index (χ2v) is 4.50. The molecule has 0 aromatic carbocycles. The van der Waals surface area contributed by atoms with Crippen LogP contribution in [0.2, 0.25) is 0 Å². The van der Waals surface area contributed by atoms with Crippen LogP contribution in [0.3, 0.4) is 0 Å². The molecule has 0 N–H and O–H groups in total. The highest BCUT2D eigenvalue weighted by Crippen LogP contribution is 2.23. The summed E-state index contributed by atoms with van der Waals surface area (Å²) in [5.41, 5.74) is 0. The molecule has 1 unspecified atom stereocenters. The maximum Gasteiger partial charge on any atom is 0.128 e. The lowest BCUT2D eigenvalue weighted by molar-refractivity contribution is 0.404. The minimum absolute atomic E-state index is 0.748. The quantitative estimate of drug-likeness (QED) is 0.734. The molecular weight excluding hydrogens is 208 g/mol. The van der Waals surface area contributed by atoms with Crippen molar-refractivity contribution in [1.29, 1.82) is 0 Å². The van der Waals surface area contributed by atoms with Crippen LogP contribution >= 0.6 is 11.6 Å². The van der Waals surface area contributed by atoms with E-state index >= 15 is 0 Å². The molecule has 2 nitrogen and oxygen atoms in total. The molecule has 0 aliphatic carbocycles. The van der Waals surface area contributed by atoms with Gasteiger partial charge >= 0.3 is 0 Å². The molecule has 82 valence electrons. The highest BCUT2D eigenvalue weighted by Gasteiger charge is 2.19. The summed E-state index contributed by atoms with van der Waals surface area (Å²) in [7, 11) is 0. The second-order valence-electron chi connectivity index (χ2n) is 4.12. The monoisotopic (exact) mass is 224 g/mol. The number of piperidine rings is 1. The number of anilines is 1. The fourth-order valence-corrected chi connectivity index (χ4v) is 2.51. The Morgan fingerprint density at radius 3 is 3.13 bits per heavy atom. The Morgan fingerprint density at radius 2 is 2.40 bits per heavy atom. The second kappa shape index (κ2) is 5.36. The van der Waals surface area contributed by atoms with E-state index in [-0.39, 0.29) is 0 Å². The predicted molar refractivity (Wildman–Crippen MR) is 64.5 cm³/mol. The number of hydrogen-bond donors (Lipinski definition) is 0. The molecule has 2 heterocycles. The summed E-state index contributed by atoms with van der Waals surface area (Å²) in [6, 6.07) is 6.10. The molecular formula is C12H17ClN2. The van der Waals surface area contributed by atoms with Gasteiger partial charge in [0.1, 0.15) is 5.82 Å². The topological polar surface area (TPSA) is 16.1 Å². The van der Waals surface area contributed by atoms with Gasteiger partial charge in [0.2, 0.25) is 0 Å². The van der Waals surface area contributed by atoms with Crippen molar-refractivity contribution < 1.29 is 0 Å². The summed E-state index contributed by atoms with van der Waals surface area (Å²) < 4.78 is 0. The van der Waals surface area contributed by atoms with Crippen molar-refractivity contribution in [3.8, 4) is 0 Å². The van der Waals surface area contributed by atoms with Crippen molar-refractivity contribution in [2.45, 2.75) is 19.3 Å². The molecule has 1 aliphatic heterocycles. The SMILES string of the molecule is ClCCC1CCCN(c2ccccn2)C1. The van der Waals surface area contributed by atoms with Gasteiger partial charge in [-0.2, -0.15) is 0 Å². The van der Waals surface area contributed by atoms with E-state index in [1.165, 1.54) is 12.8 Å². The lowest BCUT2D eigenvalue weighted by Gasteiger charge is -2.33. The van der Waals surface area contributed by atoms with Crippen LogP contribution in [0.15, 0.2) is 24.4 Å². The molecule has 0 bridgehead atoms. The largest absolute Gasteiger partial charge is 0.356 e. The van der Waals surface area contributed by atoms with E-state index in [4.69, 9.17) is 11.6 Å². The number of rotatable bonds is 3. The number of pyridine rings is 1. The molecule has 1 aromatic heterocycles. The van der Waals surface area contributed by atoms with E-state index in [0.29, 0.717) is 0 Å². The number of aromatic nitrogens is 1. The van der Waals surface area contributed by atoms with Gasteiger partial charge in [0, 0.05) is 25.2 Å². The van der Waals surface area contributed by atoms with Gasteiger partial charge in [-0.25, -0.2) is 4.98 Å². The Morgan fingerprint density at radius 1 is 1.47 bits per heavy atom. The molecule has 1 saturated heterocycles. The molecule has 1 fully saturated rings. The van der Waals surface area contributed by atoms with E-state index in [0.717, 1.165) is 37.1 Å². The minimum Gasteiger partial charge on any atom is -0.356 e. The molecule has 1 aliphatic rings. The summed E-state index contributed by atoms with van der Waals surface area (Å²) >= 11 is 5.79. The third kappa shape index (κ3) is 2.85. The van der Waals surface area contributed by atoms with Crippen LogP contribution in [0, 0.1) is 5.92 Å². The zero-order valence-corrected chi connectivity index (χ0v) is 9.66. The van der Waals surface area contributed by atoms with E-state index in [2.05, 4.69) is 16.0 Å². The third-order valence-electron chi connectivity index (χ3n) is 3.01. The Balaban J connectivity index is 1.98. The molecule has 15 heavy (non-hydrogen) atoms. The minimum atomic E-state index is 0.748.